The van der Waals surface area contributed by atoms with E-state index in [1.165, 1.54) is 5.52 Å². The lowest BCUT2D eigenvalue weighted by molar-refractivity contribution is 0.0953. The first-order valence-corrected chi connectivity index (χ1v) is 13.3. The Morgan fingerprint density at radius 2 is 1.76 bits per heavy atom. The van der Waals surface area contributed by atoms with Crippen molar-refractivity contribution in [3.8, 4) is 5.75 Å². The van der Waals surface area contributed by atoms with Crippen LogP contribution in [0.4, 0.5) is 0 Å². The van der Waals surface area contributed by atoms with Crippen LogP contribution in [-0.4, -0.2) is 28.6 Å². The van der Waals surface area contributed by atoms with Crippen molar-refractivity contribution in [3.05, 3.63) is 107 Å². The van der Waals surface area contributed by atoms with Gasteiger partial charge in [-0.3, -0.25) is 4.79 Å². The molecule has 0 saturated heterocycles. The molecule has 0 unspecified atom stereocenters. The van der Waals surface area contributed by atoms with E-state index in [1.54, 1.807) is 24.3 Å². The molecular formula is C31H34ClN3O2. The van der Waals surface area contributed by atoms with Crippen LogP contribution in [0.15, 0.2) is 85.5 Å². The minimum atomic E-state index is -0.0622. The Morgan fingerprint density at radius 3 is 2.59 bits per heavy atom. The number of hydrogen-bond donors (Lipinski definition) is 1. The number of unbranched alkanes of at least 4 members (excludes halogenated alkanes) is 2. The standard InChI is InChI=1S/C31H34ClN3O2/c1-2-11-24-12-5-8-15-29(24)37-23-10-22-35-28-14-7-6-13-27(28)34-30(35)16-4-3-9-21-33-31(36)25-17-19-26(32)20-18-25/h2,5-8,12-15,17-20H,1,3-4,9-11,16,21-23H2,(H,33,36). The van der Waals surface area contributed by atoms with Crippen molar-refractivity contribution >= 4 is 28.5 Å². The van der Waals surface area contributed by atoms with Gasteiger partial charge in [0.2, 0.25) is 0 Å². The number of fused-ring (bicyclic) bond motifs is 1. The lowest BCUT2D eigenvalue weighted by atomic mass is 10.1. The molecular weight excluding hydrogens is 482 g/mol. The van der Waals surface area contributed by atoms with Crippen LogP contribution >= 0.6 is 11.6 Å². The Kier molecular flexibility index (Phi) is 9.78. The van der Waals surface area contributed by atoms with Gasteiger partial charge in [-0.15, -0.1) is 6.58 Å². The fourth-order valence-electron chi connectivity index (χ4n) is 4.43. The number of rotatable bonds is 14. The fourth-order valence-corrected chi connectivity index (χ4v) is 4.56. The van der Waals surface area contributed by atoms with Crippen LogP contribution in [0.1, 0.15) is 47.4 Å². The summed E-state index contributed by atoms with van der Waals surface area (Å²) < 4.78 is 8.43. The number of hydrogen-bond acceptors (Lipinski definition) is 3. The van der Waals surface area contributed by atoms with Gasteiger partial charge in [0.05, 0.1) is 17.6 Å². The van der Waals surface area contributed by atoms with E-state index in [4.69, 9.17) is 21.3 Å². The summed E-state index contributed by atoms with van der Waals surface area (Å²) in [5, 5.41) is 3.62. The number of nitrogens with zero attached hydrogens (tertiary/aromatic N) is 2. The van der Waals surface area contributed by atoms with Crippen LogP contribution in [-0.2, 0) is 19.4 Å². The van der Waals surface area contributed by atoms with E-state index in [0.717, 1.165) is 67.7 Å². The number of benzene rings is 3. The highest BCUT2D eigenvalue weighted by atomic mass is 35.5. The van der Waals surface area contributed by atoms with Crippen LogP contribution in [0.3, 0.4) is 0 Å². The summed E-state index contributed by atoms with van der Waals surface area (Å²) in [5.41, 5.74) is 3.99. The molecule has 4 aromatic rings. The quantitative estimate of drug-likeness (QED) is 0.145. The van der Waals surface area contributed by atoms with Crippen molar-refractivity contribution in [2.24, 2.45) is 0 Å². The average molecular weight is 516 g/mol. The molecule has 1 amide bonds. The highest BCUT2D eigenvalue weighted by Crippen LogP contribution is 2.21. The van der Waals surface area contributed by atoms with E-state index < -0.39 is 0 Å². The van der Waals surface area contributed by atoms with Gasteiger partial charge in [0.15, 0.2) is 0 Å². The molecule has 1 heterocycles. The Labute approximate surface area is 224 Å². The number of nitrogens with one attached hydrogen (secondary N) is 1. The smallest absolute Gasteiger partial charge is 0.251 e. The summed E-state index contributed by atoms with van der Waals surface area (Å²) in [6, 6.07) is 23.4. The molecule has 37 heavy (non-hydrogen) atoms. The van der Waals surface area contributed by atoms with E-state index in [2.05, 4.69) is 40.7 Å². The highest BCUT2D eigenvalue weighted by molar-refractivity contribution is 6.30. The second kappa shape index (κ2) is 13.7. The number of carbonyl (C=O) groups is 1. The molecule has 0 fully saturated rings. The van der Waals surface area contributed by atoms with Crippen molar-refractivity contribution in [2.75, 3.05) is 13.2 Å². The molecule has 0 radical (unpaired) electrons. The molecule has 192 valence electrons. The number of allylic oxidation sites excluding steroid dienone is 1. The third-order valence-electron chi connectivity index (χ3n) is 6.32. The van der Waals surface area contributed by atoms with Crippen molar-refractivity contribution in [3.63, 3.8) is 0 Å². The Balaban J connectivity index is 1.25. The van der Waals surface area contributed by atoms with E-state index in [1.807, 2.05) is 30.3 Å². The normalized spacial score (nSPS) is 10.9. The molecule has 1 N–H and O–H groups in total. The Morgan fingerprint density at radius 1 is 0.973 bits per heavy atom. The second-order valence-corrected chi connectivity index (χ2v) is 9.48. The summed E-state index contributed by atoms with van der Waals surface area (Å²) in [6.07, 6.45) is 7.47. The molecule has 0 spiro atoms. The van der Waals surface area contributed by atoms with Crippen LogP contribution < -0.4 is 10.1 Å². The zero-order valence-electron chi connectivity index (χ0n) is 21.2. The van der Waals surface area contributed by atoms with Gasteiger partial charge in [-0.25, -0.2) is 4.98 Å². The number of aryl methyl sites for hydroxylation is 2. The van der Waals surface area contributed by atoms with Crippen LogP contribution in [0, 0.1) is 0 Å². The van der Waals surface area contributed by atoms with Crippen LogP contribution in [0.25, 0.3) is 11.0 Å². The maximum Gasteiger partial charge on any atom is 0.251 e. The van der Waals surface area contributed by atoms with Crippen molar-refractivity contribution in [1.29, 1.82) is 0 Å². The molecule has 0 aliphatic rings. The third kappa shape index (κ3) is 7.46. The number of aromatic nitrogens is 2. The average Bonchev–Trinajstić information content (AvgIpc) is 3.27. The lowest BCUT2D eigenvalue weighted by Gasteiger charge is -2.12. The minimum absolute atomic E-state index is 0.0622. The molecule has 0 aliphatic carbocycles. The second-order valence-electron chi connectivity index (χ2n) is 9.04. The summed E-state index contributed by atoms with van der Waals surface area (Å²) in [5.74, 6) is 1.98. The van der Waals surface area contributed by atoms with E-state index in [0.29, 0.717) is 23.7 Å². The van der Waals surface area contributed by atoms with Gasteiger partial charge in [0, 0.05) is 30.1 Å². The van der Waals surface area contributed by atoms with Gasteiger partial charge < -0.3 is 14.6 Å². The summed E-state index contributed by atoms with van der Waals surface area (Å²) in [4.78, 5) is 17.2. The first kappa shape index (κ1) is 26.5. The van der Waals surface area contributed by atoms with E-state index in [9.17, 15) is 4.79 Å². The molecule has 4 rings (SSSR count). The van der Waals surface area contributed by atoms with Gasteiger partial charge in [-0.1, -0.05) is 54.4 Å². The number of carbonyl (C=O) groups excluding carboxylic acids is 1. The first-order valence-electron chi connectivity index (χ1n) is 12.9. The van der Waals surface area contributed by atoms with E-state index >= 15 is 0 Å². The number of para-hydroxylation sites is 3. The topological polar surface area (TPSA) is 56.1 Å². The summed E-state index contributed by atoms with van der Waals surface area (Å²) in [6.45, 7) is 6.00. The molecule has 0 aliphatic heterocycles. The lowest BCUT2D eigenvalue weighted by Crippen LogP contribution is -2.24. The molecule has 5 nitrogen and oxygen atoms in total. The largest absolute Gasteiger partial charge is 0.493 e. The van der Waals surface area contributed by atoms with Crippen LogP contribution in [0.5, 0.6) is 5.75 Å². The third-order valence-corrected chi connectivity index (χ3v) is 6.58. The van der Waals surface area contributed by atoms with Crippen LogP contribution in [0.2, 0.25) is 5.02 Å². The number of amides is 1. The minimum Gasteiger partial charge on any atom is -0.493 e. The van der Waals surface area contributed by atoms with Gasteiger partial charge in [-0.05, 0) is 73.7 Å². The number of halogens is 1. The van der Waals surface area contributed by atoms with Crippen molar-refractivity contribution < 1.29 is 9.53 Å². The predicted octanol–water partition coefficient (Wildman–Crippen LogP) is 7.03. The zero-order chi connectivity index (χ0) is 25.9. The Hall–Kier alpha value is -3.57. The monoisotopic (exact) mass is 515 g/mol. The van der Waals surface area contributed by atoms with Gasteiger partial charge in [0.1, 0.15) is 11.6 Å². The first-order chi connectivity index (χ1) is 18.2. The maximum atomic E-state index is 12.2. The molecule has 0 bridgehead atoms. The van der Waals surface area contributed by atoms with Crippen molar-refractivity contribution in [1.82, 2.24) is 14.9 Å². The summed E-state index contributed by atoms with van der Waals surface area (Å²) in [7, 11) is 0. The molecule has 6 heteroatoms. The fraction of sp³-hybridized carbons (Fsp3) is 0.290. The van der Waals surface area contributed by atoms with Crippen molar-refractivity contribution in [2.45, 2.75) is 45.1 Å². The van der Waals surface area contributed by atoms with Gasteiger partial charge in [-0.2, -0.15) is 0 Å². The number of imidazole rings is 1. The molecule has 0 atom stereocenters. The molecule has 1 aromatic heterocycles. The highest BCUT2D eigenvalue weighted by Gasteiger charge is 2.11. The summed E-state index contributed by atoms with van der Waals surface area (Å²) >= 11 is 5.89. The Bertz CT molecular complexity index is 1310. The SMILES string of the molecule is C=CCc1ccccc1OCCCn1c(CCCCCNC(=O)c2ccc(Cl)cc2)nc2ccccc21. The molecule has 0 saturated carbocycles. The van der Waals surface area contributed by atoms with Gasteiger partial charge in [0.25, 0.3) is 5.91 Å². The zero-order valence-corrected chi connectivity index (χ0v) is 21.9. The van der Waals surface area contributed by atoms with Gasteiger partial charge >= 0.3 is 0 Å². The molecule has 3 aromatic carbocycles. The van der Waals surface area contributed by atoms with E-state index in [-0.39, 0.29) is 5.91 Å². The maximum absolute atomic E-state index is 12.2. The number of ether oxygens (including phenoxy) is 1. The predicted molar refractivity (Wildman–Crippen MR) is 152 cm³/mol.